The fraction of sp³-hybridized carbons (Fsp3) is 0.148. The lowest BCUT2D eigenvalue weighted by atomic mass is 10.1. The SMILES string of the molecule is CCN(CC(=O)Nc1cc(-c2ccccc2)nn1-c1ccc(F)cc1)C(=O)Cc1ccccc1. The van der Waals surface area contributed by atoms with E-state index in [-0.39, 0.29) is 30.6 Å². The third-order valence-electron chi connectivity index (χ3n) is 5.38. The molecule has 7 heteroatoms. The molecule has 0 radical (unpaired) electrons. The van der Waals surface area contributed by atoms with E-state index in [1.165, 1.54) is 17.0 Å². The maximum Gasteiger partial charge on any atom is 0.245 e. The first kappa shape index (κ1) is 22.9. The monoisotopic (exact) mass is 456 g/mol. The van der Waals surface area contributed by atoms with Gasteiger partial charge in [0.1, 0.15) is 11.6 Å². The molecular weight excluding hydrogens is 431 g/mol. The molecule has 0 saturated heterocycles. The lowest BCUT2D eigenvalue weighted by Gasteiger charge is -2.20. The Morgan fingerprint density at radius 1 is 0.941 bits per heavy atom. The van der Waals surface area contributed by atoms with Gasteiger partial charge in [0.15, 0.2) is 0 Å². The molecule has 1 N–H and O–H groups in total. The Labute approximate surface area is 197 Å². The summed E-state index contributed by atoms with van der Waals surface area (Å²) in [4.78, 5) is 27.2. The van der Waals surface area contributed by atoms with Crippen LogP contribution >= 0.6 is 0 Å². The first-order valence-electron chi connectivity index (χ1n) is 11.1. The summed E-state index contributed by atoms with van der Waals surface area (Å²) < 4.78 is 15.0. The number of nitrogens with one attached hydrogen (secondary N) is 1. The van der Waals surface area contributed by atoms with Crippen molar-refractivity contribution < 1.29 is 14.0 Å². The van der Waals surface area contributed by atoms with Gasteiger partial charge in [0.2, 0.25) is 11.8 Å². The minimum Gasteiger partial charge on any atom is -0.333 e. The van der Waals surface area contributed by atoms with Crippen LogP contribution in [0.2, 0.25) is 0 Å². The van der Waals surface area contributed by atoms with E-state index in [9.17, 15) is 14.0 Å². The fourth-order valence-electron chi connectivity index (χ4n) is 3.61. The quantitative estimate of drug-likeness (QED) is 0.418. The lowest BCUT2D eigenvalue weighted by molar-refractivity contribution is -0.133. The van der Waals surface area contributed by atoms with Gasteiger partial charge in [-0.05, 0) is 36.8 Å². The molecule has 2 amide bonds. The average Bonchev–Trinajstić information content (AvgIpc) is 3.27. The van der Waals surface area contributed by atoms with Crippen molar-refractivity contribution in [2.75, 3.05) is 18.4 Å². The first-order chi connectivity index (χ1) is 16.5. The first-order valence-corrected chi connectivity index (χ1v) is 11.1. The van der Waals surface area contributed by atoms with Crippen molar-refractivity contribution in [3.8, 4) is 16.9 Å². The smallest absolute Gasteiger partial charge is 0.245 e. The highest BCUT2D eigenvalue weighted by Gasteiger charge is 2.19. The molecule has 0 aliphatic rings. The summed E-state index contributed by atoms with van der Waals surface area (Å²) >= 11 is 0. The zero-order valence-electron chi connectivity index (χ0n) is 18.8. The highest BCUT2D eigenvalue weighted by Crippen LogP contribution is 2.25. The Balaban J connectivity index is 1.54. The number of aromatic nitrogens is 2. The van der Waals surface area contributed by atoms with Crippen LogP contribution in [0.15, 0.2) is 91.0 Å². The number of anilines is 1. The molecule has 4 rings (SSSR count). The van der Waals surface area contributed by atoms with E-state index in [2.05, 4.69) is 10.4 Å². The van der Waals surface area contributed by atoms with Gasteiger partial charge < -0.3 is 10.2 Å². The van der Waals surface area contributed by atoms with Crippen LogP contribution in [0.1, 0.15) is 12.5 Å². The normalized spacial score (nSPS) is 10.6. The molecule has 1 aromatic heterocycles. The van der Waals surface area contributed by atoms with Crippen molar-refractivity contribution in [1.29, 1.82) is 0 Å². The predicted octanol–water partition coefficient (Wildman–Crippen LogP) is 4.71. The molecule has 0 spiro atoms. The maximum absolute atomic E-state index is 13.5. The van der Waals surface area contributed by atoms with E-state index < -0.39 is 0 Å². The predicted molar refractivity (Wildman–Crippen MR) is 130 cm³/mol. The highest BCUT2D eigenvalue weighted by atomic mass is 19.1. The summed E-state index contributed by atoms with van der Waals surface area (Å²) in [6.07, 6.45) is 0.230. The number of carbonyl (C=O) groups is 2. The van der Waals surface area contributed by atoms with Crippen LogP contribution < -0.4 is 5.32 Å². The van der Waals surface area contributed by atoms with Crippen molar-refractivity contribution in [3.63, 3.8) is 0 Å². The number of rotatable bonds is 8. The molecule has 6 nitrogen and oxygen atoms in total. The Bertz CT molecular complexity index is 1260. The van der Waals surface area contributed by atoms with Gasteiger partial charge in [0.05, 0.1) is 24.3 Å². The van der Waals surface area contributed by atoms with E-state index in [0.717, 1.165) is 11.1 Å². The number of likely N-dealkylation sites (N-methyl/N-ethyl adjacent to an activating group) is 1. The summed E-state index contributed by atoms with van der Waals surface area (Å²) in [7, 11) is 0. The van der Waals surface area contributed by atoms with Gasteiger partial charge in [0.25, 0.3) is 0 Å². The van der Waals surface area contributed by atoms with E-state index in [1.807, 2.05) is 67.6 Å². The molecule has 3 aromatic carbocycles. The van der Waals surface area contributed by atoms with Crippen molar-refractivity contribution in [1.82, 2.24) is 14.7 Å². The van der Waals surface area contributed by atoms with Crippen LogP contribution in [0, 0.1) is 5.82 Å². The zero-order valence-corrected chi connectivity index (χ0v) is 18.8. The molecule has 172 valence electrons. The standard InChI is InChI=1S/C27H25FN4O2/c1-2-31(27(34)17-20-9-5-3-6-10-20)19-26(33)29-25-18-24(21-11-7-4-8-12-21)30-32(25)23-15-13-22(28)14-16-23/h3-16,18H,2,17,19H2,1H3,(H,29,33). The molecule has 0 unspecified atom stereocenters. The molecule has 0 fully saturated rings. The molecule has 0 saturated carbocycles. The van der Waals surface area contributed by atoms with Crippen LogP contribution in [0.5, 0.6) is 0 Å². The van der Waals surface area contributed by atoms with Gasteiger partial charge in [-0.2, -0.15) is 5.10 Å². The van der Waals surface area contributed by atoms with Crippen LogP contribution in [0.25, 0.3) is 16.9 Å². The Morgan fingerprint density at radius 2 is 1.59 bits per heavy atom. The second kappa shape index (κ2) is 10.6. The highest BCUT2D eigenvalue weighted by molar-refractivity contribution is 5.95. The molecule has 34 heavy (non-hydrogen) atoms. The number of hydrogen-bond donors (Lipinski definition) is 1. The minimum absolute atomic E-state index is 0.0859. The second-order valence-corrected chi connectivity index (χ2v) is 7.79. The van der Waals surface area contributed by atoms with Crippen molar-refractivity contribution in [2.45, 2.75) is 13.3 Å². The molecule has 1 heterocycles. The zero-order chi connectivity index (χ0) is 23.9. The van der Waals surface area contributed by atoms with E-state index >= 15 is 0 Å². The summed E-state index contributed by atoms with van der Waals surface area (Å²) in [6, 6.07) is 26.6. The summed E-state index contributed by atoms with van der Waals surface area (Å²) in [5.74, 6) is -0.394. The summed E-state index contributed by atoms with van der Waals surface area (Å²) in [6.45, 7) is 2.16. The Hall–Kier alpha value is -4.26. The van der Waals surface area contributed by atoms with E-state index in [0.29, 0.717) is 23.7 Å². The molecular formula is C27H25FN4O2. The van der Waals surface area contributed by atoms with Crippen LogP contribution in [0.3, 0.4) is 0 Å². The molecule has 0 bridgehead atoms. The van der Waals surface area contributed by atoms with E-state index in [1.54, 1.807) is 22.9 Å². The van der Waals surface area contributed by atoms with Gasteiger partial charge >= 0.3 is 0 Å². The third-order valence-corrected chi connectivity index (χ3v) is 5.38. The maximum atomic E-state index is 13.5. The number of amides is 2. The van der Waals surface area contributed by atoms with Crippen LogP contribution in [-0.2, 0) is 16.0 Å². The van der Waals surface area contributed by atoms with E-state index in [4.69, 9.17) is 0 Å². The van der Waals surface area contributed by atoms with Crippen molar-refractivity contribution in [3.05, 3.63) is 102 Å². The summed E-state index contributed by atoms with van der Waals surface area (Å²) in [5, 5.41) is 7.49. The number of carbonyl (C=O) groups excluding carboxylic acids is 2. The third kappa shape index (κ3) is 5.56. The van der Waals surface area contributed by atoms with Gasteiger partial charge in [-0.3, -0.25) is 9.59 Å². The largest absolute Gasteiger partial charge is 0.333 e. The van der Waals surface area contributed by atoms with Gasteiger partial charge in [0, 0.05) is 18.2 Å². The lowest BCUT2D eigenvalue weighted by Crippen LogP contribution is -2.38. The van der Waals surface area contributed by atoms with Gasteiger partial charge in [-0.15, -0.1) is 0 Å². The average molecular weight is 457 g/mol. The molecule has 0 aliphatic carbocycles. The molecule has 4 aromatic rings. The topological polar surface area (TPSA) is 67.2 Å². The second-order valence-electron chi connectivity index (χ2n) is 7.79. The summed E-state index contributed by atoms with van der Waals surface area (Å²) in [5.41, 5.74) is 3.04. The number of nitrogens with zero attached hydrogens (tertiary/aromatic N) is 3. The number of halogens is 1. The minimum atomic E-state index is -0.361. The Kier molecular flexibility index (Phi) is 7.13. The Morgan fingerprint density at radius 3 is 2.24 bits per heavy atom. The number of benzene rings is 3. The van der Waals surface area contributed by atoms with Crippen molar-refractivity contribution >= 4 is 17.6 Å². The van der Waals surface area contributed by atoms with Crippen molar-refractivity contribution in [2.24, 2.45) is 0 Å². The van der Waals surface area contributed by atoms with Crippen LogP contribution in [0.4, 0.5) is 10.2 Å². The number of hydrogen-bond acceptors (Lipinski definition) is 3. The van der Waals surface area contributed by atoms with Gasteiger partial charge in [-0.25, -0.2) is 9.07 Å². The molecule has 0 aliphatic heterocycles. The molecule has 0 atom stereocenters. The van der Waals surface area contributed by atoms with Crippen LogP contribution in [-0.4, -0.2) is 39.6 Å². The van der Waals surface area contributed by atoms with Gasteiger partial charge in [-0.1, -0.05) is 60.7 Å². The fourth-order valence-corrected chi connectivity index (χ4v) is 3.61.